The molecule has 0 saturated heterocycles. The minimum atomic E-state index is 0. The molecule has 0 saturated carbocycles. The molecule has 0 nitrogen and oxygen atoms in total. The molecule has 0 aromatic carbocycles. The summed E-state index contributed by atoms with van der Waals surface area (Å²) in [6.07, 6.45) is 0. The van der Waals surface area contributed by atoms with Crippen molar-refractivity contribution in [1.29, 1.82) is 0 Å². The van der Waals surface area contributed by atoms with E-state index in [1.807, 2.05) is 0 Å². The molecule has 4 heavy (non-hydrogen) atoms. The quantitative estimate of drug-likeness (QED) is 0.340. The molecular weight excluding hydrogens is 198 g/mol. The molecule has 2 radical (unpaired) electrons. The predicted molar refractivity (Wildman–Crippen MR) is 0 cm³/mol. The Kier molecular flexibility index (Phi) is 264. The molecular formula is Cl2Cu2. The Labute approximate surface area is 58.9 Å². The SMILES string of the molecule is [Cl-].[Cl-].[Cu+2].[Cu]. The summed E-state index contributed by atoms with van der Waals surface area (Å²) in [5.41, 5.74) is 0. The van der Waals surface area contributed by atoms with Gasteiger partial charge in [0.05, 0.1) is 0 Å². The van der Waals surface area contributed by atoms with E-state index in [0.29, 0.717) is 0 Å². The van der Waals surface area contributed by atoms with Crippen molar-refractivity contribution < 1.29 is 59.0 Å². The Hall–Kier alpha value is 1.62. The first-order valence-corrected chi connectivity index (χ1v) is 0. The fraction of sp³-hybridized carbons (Fsp3) is 0. The monoisotopic (exact) mass is 196 g/mol. The average Bonchev–Trinajstić information content (AvgIpc) is 0. The second kappa shape index (κ2) is 23.1. The van der Waals surface area contributed by atoms with Crippen LogP contribution in [0.2, 0.25) is 0 Å². The molecule has 0 aromatic rings. The average molecular weight is 198 g/mol. The van der Waals surface area contributed by atoms with Gasteiger partial charge in [0.2, 0.25) is 0 Å². The van der Waals surface area contributed by atoms with Gasteiger partial charge in [0.25, 0.3) is 0 Å². The van der Waals surface area contributed by atoms with Crippen LogP contribution in [0.4, 0.5) is 0 Å². The molecule has 0 fully saturated rings. The Morgan fingerprint density at radius 1 is 0.750 bits per heavy atom. The van der Waals surface area contributed by atoms with E-state index < -0.39 is 0 Å². The van der Waals surface area contributed by atoms with Gasteiger partial charge < -0.3 is 24.8 Å². The van der Waals surface area contributed by atoms with Gasteiger partial charge in [0, 0.05) is 17.1 Å². The minimum absolute atomic E-state index is 0. The molecule has 0 aromatic heterocycles. The third-order valence-electron chi connectivity index (χ3n) is 0. The number of rotatable bonds is 0. The minimum Gasteiger partial charge on any atom is -1.00 e. The molecule has 0 rings (SSSR count). The molecule has 0 aliphatic heterocycles. The van der Waals surface area contributed by atoms with E-state index in [2.05, 4.69) is 0 Å². The van der Waals surface area contributed by atoms with Crippen molar-refractivity contribution in [3.63, 3.8) is 0 Å². The Balaban J connectivity index is 0. The van der Waals surface area contributed by atoms with Gasteiger partial charge in [0.1, 0.15) is 0 Å². The van der Waals surface area contributed by atoms with Crippen molar-refractivity contribution >= 4 is 0 Å². The van der Waals surface area contributed by atoms with Crippen molar-refractivity contribution in [2.45, 2.75) is 0 Å². The Morgan fingerprint density at radius 3 is 0.750 bits per heavy atom. The van der Waals surface area contributed by atoms with E-state index in [0.717, 1.165) is 0 Å². The topological polar surface area (TPSA) is 0 Å². The summed E-state index contributed by atoms with van der Waals surface area (Å²) in [6.45, 7) is 0. The van der Waals surface area contributed by atoms with Crippen molar-refractivity contribution in [3.8, 4) is 0 Å². The van der Waals surface area contributed by atoms with Gasteiger partial charge in [0.15, 0.2) is 0 Å². The van der Waals surface area contributed by atoms with Crippen LogP contribution in [0.15, 0.2) is 0 Å². The van der Waals surface area contributed by atoms with Crippen LogP contribution in [0.3, 0.4) is 0 Å². The van der Waals surface area contributed by atoms with Crippen LogP contribution in [0, 0.1) is 0 Å². The van der Waals surface area contributed by atoms with E-state index in [1.54, 1.807) is 0 Å². The second-order valence-corrected chi connectivity index (χ2v) is 0. The first kappa shape index (κ1) is 45.7. The maximum absolute atomic E-state index is 0. The van der Waals surface area contributed by atoms with Crippen LogP contribution in [-0.4, -0.2) is 0 Å². The normalized spacial score (nSPS) is 0. The second-order valence-electron chi connectivity index (χ2n) is 0. The summed E-state index contributed by atoms with van der Waals surface area (Å²) in [5.74, 6) is 0. The summed E-state index contributed by atoms with van der Waals surface area (Å²) >= 11 is 0. The molecule has 0 N–H and O–H groups in total. The van der Waals surface area contributed by atoms with Crippen molar-refractivity contribution in [3.05, 3.63) is 0 Å². The summed E-state index contributed by atoms with van der Waals surface area (Å²) in [7, 11) is 0. The van der Waals surface area contributed by atoms with Gasteiger partial charge in [-0.15, -0.1) is 0 Å². The first-order chi connectivity index (χ1) is 0. The van der Waals surface area contributed by atoms with E-state index in [-0.39, 0.29) is 59.0 Å². The molecule has 36 valence electrons. The van der Waals surface area contributed by atoms with Gasteiger partial charge in [-0.05, 0) is 0 Å². The van der Waals surface area contributed by atoms with E-state index in [9.17, 15) is 0 Å². The summed E-state index contributed by atoms with van der Waals surface area (Å²) < 4.78 is 0. The van der Waals surface area contributed by atoms with Gasteiger partial charge in [-0.2, -0.15) is 0 Å². The van der Waals surface area contributed by atoms with Crippen LogP contribution in [-0.2, 0) is 34.1 Å². The van der Waals surface area contributed by atoms with Crippen LogP contribution in [0.1, 0.15) is 0 Å². The van der Waals surface area contributed by atoms with Crippen molar-refractivity contribution in [1.82, 2.24) is 0 Å². The molecule has 0 spiro atoms. The Morgan fingerprint density at radius 2 is 0.750 bits per heavy atom. The Bertz CT molecular complexity index is 4.00. The van der Waals surface area contributed by atoms with Crippen LogP contribution >= 0.6 is 0 Å². The summed E-state index contributed by atoms with van der Waals surface area (Å²) in [5, 5.41) is 0. The van der Waals surface area contributed by atoms with Gasteiger partial charge in [-0.25, -0.2) is 0 Å². The van der Waals surface area contributed by atoms with Crippen molar-refractivity contribution in [2.24, 2.45) is 0 Å². The third kappa shape index (κ3) is 9.47. The molecule has 0 aliphatic carbocycles. The van der Waals surface area contributed by atoms with Crippen molar-refractivity contribution in [2.75, 3.05) is 0 Å². The predicted octanol–water partition coefficient (Wildman–Crippen LogP) is -6.00. The first-order valence-electron chi connectivity index (χ1n) is 0. The molecule has 0 bridgehead atoms. The summed E-state index contributed by atoms with van der Waals surface area (Å²) in [6, 6.07) is 0. The molecule has 0 amide bonds. The molecule has 0 atom stereocenters. The maximum atomic E-state index is 0. The van der Waals surface area contributed by atoms with Gasteiger partial charge in [-0.1, -0.05) is 0 Å². The third-order valence-corrected chi connectivity index (χ3v) is 0. The molecule has 4 heteroatoms. The zero-order chi connectivity index (χ0) is 0. The zero-order valence-electron chi connectivity index (χ0n) is 1.36. The fourth-order valence-electron chi connectivity index (χ4n) is 0. The smallest absolute Gasteiger partial charge is 1.00 e. The molecule has 0 heterocycles. The number of hydrogen-bond donors (Lipinski definition) is 0. The molecule has 0 unspecified atom stereocenters. The molecule has 0 aliphatic rings. The van der Waals surface area contributed by atoms with Crippen LogP contribution in [0.5, 0.6) is 0 Å². The van der Waals surface area contributed by atoms with Crippen LogP contribution in [0.25, 0.3) is 0 Å². The van der Waals surface area contributed by atoms with Gasteiger partial charge >= 0.3 is 17.1 Å². The van der Waals surface area contributed by atoms with E-state index in [1.165, 1.54) is 0 Å². The number of hydrogen-bond acceptors (Lipinski definition) is 0. The largest absolute Gasteiger partial charge is 2.00 e. The van der Waals surface area contributed by atoms with E-state index in [4.69, 9.17) is 0 Å². The number of halogens is 2. The van der Waals surface area contributed by atoms with Gasteiger partial charge in [-0.3, -0.25) is 0 Å². The fourth-order valence-corrected chi connectivity index (χ4v) is 0. The maximum Gasteiger partial charge on any atom is 2.00 e. The van der Waals surface area contributed by atoms with E-state index >= 15 is 0 Å². The zero-order valence-corrected chi connectivity index (χ0v) is 4.75. The van der Waals surface area contributed by atoms with Crippen LogP contribution < -0.4 is 24.8 Å². The standard InChI is InChI=1S/2ClH.2Cu/h2*1H;;/q;;;+2/p-2. The summed E-state index contributed by atoms with van der Waals surface area (Å²) in [4.78, 5) is 0.